The number of hydrogen-bond acceptors (Lipinski definition) is 4. The number of β-amino-alcohol motifs (C(OH)–C–C–N with tert-alkyl or cyclic N) is 1. The van der Waals surface area contributed by atoms with Crippen molar-refractivity contribution < 1.29 is 19.7 Å². The number of benzene rings is 1. The van der Waals surface area contributed by atoms with Crippen LogP contribution < -0.4 is 10.1 Å². The first-order chi connectivity index (χ1) is 12.0. The van der Waals surface area contributed by atoms with Crippen molar-refractivity contribution in [3.05, 3.63) is 29.8 Å². The molecule has 138 valence electrons. The van der Waals surface area contributed by atoms with Crippen LogP contribution in [0.25, 0.3) is 0 Å². The molecular weight excluding hydrogens is 320 g/mol. The molecule has 1 saturated carbocycles. The summed E-state index contributed by atoms with van der Waals surface area (Å²) in [5, 5.41) is 22.4. The van der Waals surface area contributed by atoms with Crippen molar-refractivity contribution in [1.82, 2.24) is 10.2 Å². The van der Waals surface area contributed by atoms with Crippen LogP contribution in [-0.2, 0) is 5.41 Å². The number of likely N-dealkylation sites (tertiary alicyclic amines) is 1. The molecule has 1 aliphatic heterocycles. The Balaban J connectivity index is 1.64. The highest BCUT2D eigenvalue weighted by Crippen LogP contribution is 2.41. The van der Waals surface area contributed by atoms with E-state index in [4.69, 9.17) is 4.74 Å². The van der Waals surface area contributed by atoms with Gasteiger partial charge in [0.1, 0.15) is 5.75 Å². The van der Waals surface area contributed by atoms with Crippen LogP contribution in [0.1, 0.15) is 37.7 Å². The molecule has 1 aliphatic carbocycles. The Bertz CT molecular complexity index is 584. The van der Waals surface area contributed by atoms with Crippen molar-refractivity contribution in [2.24, 2.45) is 0 Å². The molecule has 0 radical (unpaired) electrons. The van der Waals surface area contributed by atoms with Crippen LogP contribution >= 0.6 is 0 Å². The van der Waals surface area contributed by atoms with Crippen molar-refractivity contribution >= 4 is 6.03 Å². The molecule has 1 aromatic carbocycles. The van der Waals surface area contributed by atoms with Crippen LogP contribution in [0.4, 0.5) is 4.79 Å². The van der Waals surface area contributed by atoms with E-state index in [1.807, 2.05) is 12.1 Å². The number of amides is 2. The number of aliphatic hydroxyl groups excluding tert-OH is 2. The number of nitrogens with zero attached hydrogens (tertiary/aromatic N) is 1. The van der Waals surface area contributed by atoms with E-state index in [-0.39, 0.29) is 18.0 Å². The summed E-state index contributed by atoms with van der Waals surface area (Å²) >= 11 is 0. The molecule has 1 aromatic rings. The highest BCUT2D eigenvalue weighted by molar-refractivity contribution is 5.74. The third kappa shape index (κ3) is 3.90. The van der Waals surface area contributed by atoms with Crippen molar-refractivity contribution in [2.75, 3.05) is 26.7 Å². The molecule has 2 amide bonds. The maximum Gasteiger partial charge on any atom is 0.317 e. The number of carbonyl (C=O) groups excluding carboxylic acids is 1. The van der Waals surface area contributed by atoms with Gasteiger partial charge in [0, 0.05) is 18.5 Å². The maximum atomic E-state index is 12.5. The summed E-state index contributed by atoms with van der Waals surface area (Å²) in [6.45, 7) is 1.25. The van der Waals surface area contributed by atoms with Crippen molar-refractivity contribution in [1.29, 1.82) is 0 Å². The van der Waals surface area contributed by atoms with Gasteiger partial charge in [0.25, 0.3) is 0 Å². The number of nitrogens with one attached hydrogen (secondary N) is 1. The second kappa shape index (κ2) is 7.62. The molecule has 2 fully saturated rings. The summed E-state index contributed by atoms with van der Waals surface area (Å²) in [6, 6.07) is 7.97. The normalized spacial score (nSPS) is 25.6. The zero-order valence-electron chi connectivity index (χ0n) is 14.8. The van der Waals surface area contributed by atoms with Gasteiger partial charge in [-0.3, -0.25) is 0 Å². The Kier molecular flexibility index (Phi) is 5.49. The number of rotatable bonds is 4. The highest BCUT2D eigenvalue weighted by Gasteiger charge is 2.37. The molecule has 0 bridgehead atoms. The van der Waals surface area contributed by atoms with Crippen LogP contribution in [-0.4, -0.2) is 60.1 Å². The predicted octanol–water partition coefficient (Wildman–Crippen LogP) is 1.64. The van der Waals surface area contributed by atoms with Gasteiger partial charge in [0.05, 0.1) is 25.9 Å². The molecule has 3 N–H and O–H groups in total. The number of ether oxygens (including phenoxy) is 1. The Labute approximate surface area is 148 Å². The van der Waals surface area contributed by atoms with E-state index in [1.54, 1.807) is 12.0 Å². The third-order valence-electron chi connectivity index (χ3n) is 5.67. The lowest BCUT2D eigenvalue weighted by Gasteiger charge is -2.35. The van der Waals surface area contributed by atoms with Crippen LogP contribution in [0.2, 0.25) is 0 Å². The largest absolute Gasteiger partial charge is 0.497 e. The van der Waals surface area contributed by atoms with E-state index in [0.29, 0.717) is 19.5 Å². The molecule has 2 aliphatic rings. The quantitative estimate of drug-likeness (QED) is 0.773. The average Bonchev–Trinajstić information content (AvgIpc) is 3.12. The highest BCUT2D eigenvalue weighted by atomic mass is 16.5. The summed E-state index contributed by atoms with van der Waals surface area (Å²) in [5.41, 5.74) is 1.20. The van der Waals surface area contributed by atoms with Crippen LogP contribution in [0, 0.1) is 0 Å². The van der Waals surface area contributed by atoms with Crippen LogP contribution in [0.5, 0.6) is 5.75 Å². The Morgan fingerprint density at radius 1 is 1.24 bits per heavy atom. The third-order valence-corrected chi connectivity index (χ3v) is 5.67. The maximum absolute atomic E-state index is 12.5. The summed E-state index contributed by atoms with van der Waals surface area (Å²) in [4.78, 5) is 14.1. The molecule has 1 saturated heterocycles. The van der Waals surface area contributed by atoms with Gasteiger partial charge in [-0.15, -0.1) is 0 Å². The van der Waals surface area contributed by atoms with E-state index in [0.717, 1.165) is 31.4 Å². The van der Waals surface area contributed by atoms with Gasteiger partial charge < -0.3 is 25.2 Å². The second-order valence-electron chi connectivity index (χ2n) is 7.24. The van der Waals surface area contributed by atoms with Gasteiger partial charge in [-0.05, 0) is 37.0 Å². The minimum absolute atomic E-state index is 0.0319. The van der Waals surface area contributed by atoms with E-state index in [9.17, 15) is 15.0 Å². The molecule has 6 heteroatoms. The number of carbonyl (C=O) groups is 1. The molecule has 6 nitrogen and oxygen atoms in total. The van der Waals surface area contributed by atoms with E-state index in [1.165, 1.54) is 5.56 Å². The Hall–Kier alpha value is -1.79. The molecular formula is C19H28N2O4. The minimum atomic E-state index is -0.860. The lowest BCUT2D eigenvalue weighted by atomic mass is 9.79. The smallest absolute Gasteiger partial charge is 0.317 e. The molecule has 0 spiro atoms. The fraction of sp³-hybridized carbons (Fsp3) is 0.632. The standard InChI is InChI=1S/C19H28N2O4/c1-25-15-6-4-14(5-7-15)19(9-2-3-10-19)13-20-18(24)21-11-8-16(22)17(23)12-21/h4-7,16-17,22-23H,2-3,8-13H2,1H3,(H,20,24)/t16-,17+/m0/s1. The summed E-state index contributed by atoms with van der Waals surface area (Å²) in [5.74, 6) is 0.835. The number of urea groups is 1. The Morgan fingerprint density at radius 2 is 1.92 bits per heavy atom. The lowest BCUT2D eigenvalue weighted by molar-refractivity contribution is -0.0277. The fourth-order valence-electron chi connectivity index (χ4n) is 4.02. The summed E-state index contributed by atoms with van der Waals surface area (Å²) in [7, 11) is 1.66. The number of hydrogen-bond donors (Lipinski definition) is 3. The van der Waals surface area contributed by atoms with Crippen LogP contribution in [0.3, 0.4) is 0 Å². The first-order valence-corrected chi connectivity index (χ1v) is 9.07. The zero-order chi connectivity index (χ0) is 17.9. The summed E-state index contributed by atoms with van der Waals surface area (Å²) < 4.78 is 5.24. The van der Waals surface area contributed by atoms with Crippen molar-refractivity contribution in [3.63, 3.8) is 0 Å². The molecule has 1 heterocycles. The average molecular weight is 348 g/mol. The van der Waals surface area contributed by atoms with Gasteiger partial charge in [-0.1, -0.05) is 25.0 Å². The fourth-order valence-corrected chi connectivity index (χ4v) is 4.02. The molecule has 0 unspecified atom stereocenters. The molecule has 25 heavy (non-hydrogen) atoms. The lowest BCUT2D eigenvalue weighted by Crippen LogP contribution is -2.53. The van der Waals surface area contributed by atoms with Crippen molar-refractivity contribution in [2.45, 2.75) is 49.7 Å². The van der Waals surface area contributed by atoms with Gasteiger partial charge in [-0.25, -0.2) is 4.79 Å². The number of aliphatic hydroxyl groups is 2. The monoisotopic (exact) mass is 348 g/mol. The zero-order valence-corrected chi connectivity index (χ0v) is 14.8. The van der Waals surface area contributed by atoms with E-state index < -0.39 is 12.2 Å². The topological polar surface area (TPSA) is 82.0 Å². The Morgan fingerprint density at radius 3 is 2.52 bits per heavy atom. The number of methoxy groups -OCH3 is 1. The predicted molar refractivity (Wildman–Crippen MR) is 94.7 cm³/mol. The van der Waals surface area contributed by atoms with Gasteiger partial charge in [-0.2, -0.15) is 0 Å². The van der Waals surface area contributed by atoms with E-state index in [2.05, 4.69) is 17.4 Å². The van der Waals surface area contributed by atoms with Crippen molar-refractivity contribution in [3.8, 4) is 5.75 Å². The first kappa shape index (κ1) is 18.0. The van der Waals surface area contributed by atoms with Gasteiger partial charge in [0.2, 0.25) is 0 Å². The van der Waals surface area contributed by atoms with Gasteiger partial charge >= 0.3 is 6.03 Å². The SMILES string of the molecule is COc1ccc(C2(CNC(=O)N3CC[C@H](O)[C@H](O)C3)CCCC2)cc1. The van der Waals surface area contributed by atoms with Crippen LogP contribution in [0.15, 0.2) is 24.3 Å². The first-order valence-electron chi connectivity index (χ1n) is 9.07. The molecule has 2 atom stereocenters. The van der Waals surface area contributed by atoms with Gasteiger partial charge in [0.15, 0.2) is 0 Å². The number of piperidine rings is 1. The summed E-state index contributed by atoms with van der Waals surface area (Å²) in [6.07, 6.45) is 3.26. The molecule has 3 rings (SSSR count). The molecule has 0 aromatic heterocycles. The minimum Gasteiger partial charge on any atom is -0.497 e. The second-order valence-corrected chi connectivity index (χ2v) is 7.24. The van der Waals surface area contributed by atoms with E-state index >= 15 is 0 Å².